The molecule has 1 aromatic heterocycles. The van der Waals surface area contributed by atoms with Gasteiger partial charge in [-0.1, -0.05) is 62.3 Å². The van der Waals surface area contributed by atoms with Crippen molar-refractivity contribution in [2.45, 2.75) is 58.5 Å². The second-order valence-corrected chi connectivity index (χ2v) is 8.91. The van der Waals surface area contributed by atoms with E-state index in [9.17, 15) is 4.79 Å². The lowest BCUT2D eigenvalue weighted by Gasteiger charge is -2.23. The summed E-state index contributed by atoms with van der Waals surface area (Å²) in [5.74, 6) is 1.78. The van der Waals surface area contributed by atoms with E-state index in [2.05, 4.69) is 55.2 Å². The van der Waals surface area contributed by atoms with Gasteiger partial charge in [-0.2, -0.15) is 4.98 Å². The molecule has 31 heavy (non-hydrogen) atoms. The summed E-state index contributed by atoms with van der Waals surface area (Å²) in [6.45, 7) is 9.60. The standard InChI is InChI=1S/C25H29N3O3/c1-5-30-21-9-7-6-8-19(21)23-26-24(31-27-23)20-14-15-22(29)28(20)16-17-10-12-18(13-11-17)25(2,3)4/h6-13,20H,5,14-16H2,1-4H3. The Hall–Kier alpha value is -3.15. The quantitative estimate of drug-likeness (QED) is 0.542. The van der Waals surface area contributed by atoms with Gasteiger partial charge in [0.25, 0.3) is 0 Å². The third kappa shape index (κ3) is 4.48. The van der Waals surface area contributed by atoms with Gasteiger partial charge in [-0.25, -0.2) is 0 Å². The van der Waals surface area contributed by atoms with Crippen LogP contribution in [0, 0.1) is 0 Å². The first-order valence-electron chi connectivity index (χ1n) is 10.8. The molecule has 2 aromatic carbocycles. The zero-order valence-corrected chi connectivity index (χ0v) is 18.6. The van der Waals surface area contributed by atoms with Crippen LogP contribution in [-0.4, -0.2) is 27.6 Å². The van der Waals surface area contributed by atoms with Gasteiger partial charge in [-0.3, -0.25) is 4.79 Å². The van der Waals surface area contributed by atoms with Crippen molar-refractivity contribution in [3.63, 3.8) is 0 Å². The first-order valence-corrected chi connectivity index (χ1v) is 10.8. The molecule has 1 amide bonds. The van der Waals surface area contributed by atoms with Gasteiger partial charge in [0.1, 0.15) is 11.8 Å². The van der Waals surface area contributed by atoms with E-state index in [4.69, 9.17) is 9.26 Å². The van der Waals surface area contributed by atoms with E-state index in [1.807, 2.05) is 36.1 Å². The van der Waals surface area contributed by atoms with Crippen LogP contribution in [0.25, 0.3) is 11.4 Å². The van der Waals surface area contributed by atoms with Gasteiger partial charge in [0, 0.05) is 13.0 Å². The van der Waals surface area contributed by atoms with Crippen molar-refractivity contribution in [3.05, 3.63) is 65.5 Å². The molecule has 162 valence electrons. The normalized spacial score (nSPS) is 16.7. The summed E-state index contributed by atoms with van der Waals surface area (Å²) in [5.41, 5.74) is 3.25. The lowest BCUT2D eigenvalue weighted by molar-refractivity contribution is -0.129. The van der Waals surface area contributed by atoms with Crippen LogP contribution < -0.4 is 4.74 Å². The molecular weight excluding hydrogens is 390 g/mol. The smallest absolute Gasteiger partial charge is 0.249 e. The summed E-state index contributed by atoms with van der Waals surface area (Å²) in [7, 11) is 0. The highest BCUT2D eigenvalue weighted by Gasteiger charge is 2.36. The van der Waals surface area contributed by atoms with Crippen molar-refractivity contribution in [1.29, 1.82) is 0 Å². The molecule has 6 heteroatoms. The molecule has 1 saturated heterocycles. The number of carbonyl (C=O) groups is 1. The Kier molecular flexibility index (Phi) is 5.81. The molecule has 6 nitrogen and oxygen atoms in total. The van der Waals surface area contributed by atoms with E-state index >= 15 is 0 Å². The first kappa shape index (κ1) is 21.1. The number of hydrogen-bond donors (Lipinski definition) is 0. The minimum absolute atomic E-state index is 0.0997. The van der Waals surface area contributed by atoms with Crippen LogP contribution in [0.4, 0.5) is 0 Å². The summed E-state index contributed by atoms with van der Waals surface area (Å²) in [6.07, 6.45) is 1.16. The number of carbonyl (C=O) groups excluding carboxylic acids is 1. The molecule has 1 fully saturated rings. The van der Waals surface area contributed by atoms with E-state index in [1.54, 1.807) is 0 Å². The zero-order valence-electron chi connectivity index (χ0n) is 18.6. The van der Waals surface area contributed by atoms with Crippen LogP contribution in [-0.2, 0) is 16.8 Å². The molecule has 3 aromatic rings. The Morgan fingerprint density at radius 3 is 2.58 bits per heavy atom. The number of benzene rings is 2. The molecular formula is C25H29N3O3. The van der Waals surface area contributed by atoms with E-state index in [1.165, 1.54) is 5.56 Å². The Morgan fingerprint density at radius 2 is 1.87 bits per heavy atom. The summed E-state index contributed by atoms with van der Waals surface area (Å²) < 4.78 is 11.3. The number of likely N-dealkylation sites (tertiary alicyclic amines) is 1. The molecule has 1 unspecified atom stereocenters. The third-order valence-corrected chi connectivity index (χ3v) is 5.66. The van der Waals surface area contributed by atoms with Gasteiger partial charge in [0.2, 0.25) is 17.6 Å². The Labute approximate surface area is 183 Å². The van der Waals surface area contributed by atoms with Gasteiger partial charge in [-0.05, 0) is 42.0 Å². The number of nitrogens with zero attached hydrogens (tertiary/aromatic N) is 3. The van der Waals surface area contributed by atoms with Crippen molar-refractivity contribution < 1.29 is 14.1 Å². The largest absolute Gasteiger partial charge is 0.493 e. The van der Waals surface area contributed by atoms with E-state index in [0.29, 0.717) is 37.7 Å². The van der Waals surface area contributed by atoms with Crippen molar-refractivity contribution >= 4 is 5.91 Å². The molecule has 1 aliphatic rings. The average molecular weight is 420 g/mol. The molecule has 0 radical (unpaired) electrons. The van der Waals surface area contributed by atoms with Gasteiger partial charge in [0.05, 0.1) is 12.2 Å². The number of amides is 1. The number of aromatic nitrogens is 2. The van der Waals surface area contributed by atoms with Crippen LogP contribution in [0.1, 0.15) is 63.6 Å². The second-order valence-electron chi connectivity index (χ2n) is 8.91. The number of para-hydroxylation sites is 1. The predicted molar refractivity (Wildman–Crippen MR) is 119 cm³/mol. The fourth-order valence-electron chi connectivity index (χ4n) is 3.91. The van der Waals surface area contributed by atoms with Crippen LogP contribution in [0.15, 0.2) is 53.1 Å². The third-order valence-electron chi connectivity index (χ3n) is 5.66. The molecule has 1 atom stereocenters. The summed E-state index contributed by atoms with van der Waals surface area (Å²) >= 11 is 0. The number of ether oxygens (including phenoxy) is 1. The SMILES string of the molecule is CCOc1ccccc1-c1noc(C2CCC(=O)N2Cc2ccc(C(C)(C)C)cc2)n1. The summed E-state index contributed by atoms with van der Waals surface area (Å²) in [6, 6.07) is 15.9. The topological polar surface area (TPSA) is 68.5 Å². The molecule has 0 bridgehead atoms. The van der Waals surface area contributed by atoms with Gasteiger partial charge in [-0.15, -0.1) is 0 Å². The highest BCUT2D eigenvalue weighted by molar-refractivity contribution is 5.79. The van der Waals surface area contributed by atoms with Crippen molar-refractivity contribution in [1.82, 2.24) is 15.0 Å². The highest BCUT2D eigenvalue weighted by atomic mass is 16.5. The van der Waals surface area contributed by atoms with Gasteiger partial charge < -0.3 is 14.2 Å². The first-order chi connectivity index (χ1) is 14.9. The molecule has 0 N–H and O–H groups in total. The molecule has 0 saturated carbocycles. The zero-order chi connectivity index (χ0) is 22.0. The van der Waals surface area contributed by atoms with E-state index < -0.39 is 0 Å². The maximum Gasteiger partial charge on any atom is 0.249 e. The maximum atomic E-state index is 12.6. The minimum atomic E-state index is -0.213. The Balaban J connectivity index is 1.55. The maximum absolute atomic E-state index is 12.6. The number of rotatable bonds is 6. The fourth-order valence-corrected chi connectivity index (χ4v) is 3.91. The van der Waals surface area contributed by atoms with Crippen LogP contribution in [0.3, 0.4) is 0 Å². The fraction of sp³-hybridized carbons (Fsp3) is 0.400. The van der Waals surface area contributed by atoms with E-state index in [0.717, 1.165) is 16.9 Å². The monoisotopic (exact) mass is 419 g/mol. The Morgan fingerprint density at radius 1 is 1.13 bits per heavy atom. The molecule has 1 aliphatic heterocycles. The summed E-state index contributed by atoms with van der Waals surface area (Å²) in [4.78, 5) is 19.1. The lowest BCUT2D eigenvalue weighted by atomic mass is 9.87. The van der Waals surface area contributed by atoms with Crippen molar-refractivity contribution in [3.8, 4) is 17.1 Å². The molecule has 4 rings (SSSR count). The van der Waals surface area contributed by atoms with Crippen LogP contribution >= 0.6 is 0 Å². The lowest BCUT2D eigenvalue weighted by Crippen LogP contribution is -2.27. The molecule has 2 heterocycles. The number of hydrogen-bond acceptors (Lipinski definition) is 5. The van der Waals surface area contributed by atoms with E-state index in [-0.39, 0.29) is 17.4 Å². The minimum Gasteiger partial charge on any atom is -0.493 e. The Bertz CT molecular complexity index is 1050. The molecule has 0 spiro atoms. The highest BCUT2D eigenvalue weighted by Crippen LogP contribution is 2.35. The average Bonchev–Trinajstić information content (AvgIpc) is 3.36. The van der Waals surface area contributed by atoms with Gasteiger partial charge >= 0.3 is 0 Å². The summed E-state index contributed by atoms with van der Waals surface area (Å²) in [5, 5.41) is 4.18. The van der Waals surface area contributed by atoms with Crippen LogP contribution in [0.2, 0.25) is 0 Å². The van der Waals surface area contributed by atoms with Crippen LogP contribution in [0.5, 0.6) is 5.75 Å². The predicted octanol–water partition coefficient (Wildman–Crippen LogP) is 5.30. The second kappa shape index (κ2) is 8.53. The van der Waals surface area contributed by atoms with Crippen molar-refractivity contribution in [2.75, 3.05) is 6.61 Å². The van der Waals surface area contributed by atoms with Gasteiger partial charge in [0.15, 0.2) is 0 Å². The molecule has 0 aliphatic carbocycles. The van der Waals surface area contributed by atoms with Crippen molar-refractivity contribution in [2.24, 2.45) is 0 Å².